The number of benzene rings is 1. The molecule has 20 heavy (non-hydrogen) atoms. The summed E-state index contributed by atoms with van der Waals surface area (Å²) < 4.78 is 5.52. The Kier molecular flexibility index (Phi) is 6.69. The van der Waals surface area contributed by atoms with Crippen LogP contribution in [0.1, 0.15) is 53.4 Å². The monoisotopic (exact) mass is 278 g/mol. The van der Waals surface area contributed by atoms with Gasteiger partial charge in [-0.15, -0.1) is 0 Å². The zero-order valence-electron chi connectivity index (χ0n) is 13.5. The van der Waals surface area contributed by atoms with Crippen molar-refractivity contribution in [2.75, 3.05) is 24.2 Å². The molecule has 3 nitrogen and oxygen atoms in total. The van der Waals surface area contributed by atoms with Crippen LogP contribution in [0.3, 0.4) is 0 Å². The summed E-state index contributed by atoms with van der Waals surface area (Å²) in [6, 6.07) is 5.90. The van der Waals surface area contributed by atoms with Crippen LogP contribution in [0, 0.1) is 5.41 Å². The number of unbranched alkanes of at least 4 members (excludes halogenated alkanes) is 2. The Bertz CT molecular complexity index is 402. The zero-order valence-corrected chi connectivity index (χ0v) is 13.5. The molecule has 1 aromatic rings. The first-order valence-electron chi connectivity index (χ1n) is 7.74. The molecule has 0 aliphatic heterocycles. The second-order valence-corrected chi connectivity index (χ2v) is 6.16. The van der Waals surface area contributed by atoms with E-state index < -0.39 is 0 Å². The molecule has 114 valence electrons. The average Bonchev–Trinajstić information content (AvgIpc) is 2.40. The summed E-state index contributed by atoms with van der Waals surface area (Å²) in [4.78, 5) is 0. The minimum absolute atomic E-state index is 0.308. The molecular weight excluding hydrogens is 248 g/mol. The number of nitrogens with two attached hydrogens (primary N) is 1. The first-order chi connectivity index (χ1) is 9.48. The van der Waals surface area contributed by atoms with E-state index in [1.165, 1.54) is 25.7 Å². The maximum Gasteiger partial charge on any atom is 0.144 e. The molecule has 3 heteroatoms. The van der Waals surface area contributed by atoms with Gasteiger partial charge in [0.2, 0.25) is 0 Å². The van der Waals surface area contributed by atoms with E-state index in [0.717, 1.165) is 18.0 Å². The highest BCUT2D eigenvalue weighted by atomic mass is 16.5. The lowest BCUT2D eigenvalue weighted by Crippen LogP contribution is -2.23. The molecule has 0 bridgehead atoms. The van der Waals surface area contributed by atoms with Gasteiger partial charge in [-0.3, -0.25) is 0 Å². The first-order valence-corrected chi connectivity index (χ1v) is 7.74. The second-order valence-electron chi connectivity index (χ2n) is 6.16. The van der Waals surface area contributed by atoms with Gasteiger partial charge in [0.1, 0.15) is 5.75 Å². The minimum Gasteiger partial charge on any atom is -0.492 e. The van der Waals surface area contributed by atoms with Crippen molar-refractivity contribution in [1.82, 2.24) is 0 Å². The number of ether oxygens (including phenoxy) is 1. The van der Waals surface area contributed by atoms with Crippen molar-refractivity contribution in [3.63, 3.8) is 0 Å². The molecule has 0 radical (unpaired) electrons. The van der Waals surface area contributed by atoms with Gasteiger partial charge >= 0.3 is 0 Å². The van der Waals surface area contributed by atoms with Crippen LogP contribution in [-0.4, -0.2) is 13.2 Å². The quantitative estimate of drug-likeness (QED) is 0.509. The van der Waals surface area contributed by atoms with Crippen LogP contribution in [0.15, 0.2) is 18.2 Å². The summed E-state index contributed by atoms with van der Waals surface area (Å²) in [5.74, 6) is 0.765. The third-order valence-corrected chi connectivity index (χ3v) is 3.54. The van der Waals surface area contributed by atoms with Crippen molar-refractivity contribution in [1.29, 1.82) is 0 Å². The fourth-order valence-electron chi connectivity index (χ4n) is 2.21. The normalized spacial score (nSPS) is 11.4. The van der Waals surface area contributed by atoms with E-state index in [2.05, 4.69) is 26.1 Å². The molecule has 0 atom stereocenters. The van der Waals surface area contributed by atoms with Crippen LogP contribution in [0.5, 0.6) is 5.75 Å². The van der Waals surface area contributed by atoms with Gasteiger partial charge in [-0.2, -0.15) is 0 Å². The van der Waals surface area contributed by atoms with Gasteiger partial charge in [0.15, 0.2) is 0 Å². The van der Waals surface area contributed by atoms with E-state index in [9.17, 15) is 0 Å². The van der Waals surface area contributed by atoms with Crippen LogP contribution in [-0.2, 0) is 0 Å². The molecule has 3 N–H and O–H groups in total. The van der Waals surface area contributed by atoms with Crippen LogP contribution in [0.2, 0.25) is 0 Å². The van der Waals surface area contributed by atoms with E-state index in [4.69, 9.17) is 10.5 Å². The van der Waals surface area contributed by atoms with Gasteiger partial charge in [-0.05, 0) is 30.9 Å². The lowest BCUT2D eigenvalue weighted by atomic mass is 9.87. The van der Waals surface area contributed by atoms with Crippen molar-refractivity contribution in [2.24, 2.45) is 5.41 Å². The molecule has 0 unspecified atom stereocenters. The summed E-state index contributed by atoms with van der Waals surface area (Å²) in [5, 5.41) is 3.50. The van der Waals surface area contributed by atoms with E-state index >= 15 is 0 Å². The number of rotatable bonds is 9. The third kappa shape index (κ3) is 5.72. The maximum absolute atomic E-state index is 5.89. The summed E-state index contributed by atoms with van der Waals surface area (Å²) in [7, 11) is 0. The Morgan fingerprint density at radius 2 is 1.95 bits per heavy atom. The van der Waals surface area contributed by atoms with Crippen molar-refractivity contribution < 1.29 is 4.74 Å². The van der Waals surface area contributed by atoms with Gasteiger partial charge in [0.05, 0.1) is 12.3 Å². The molecular formula is C17H30N2O. The molecule has 1 rings (SSSR count). The van der Waals surface area contributed by atoms with E-state index in [-0.39, 0.29) is 0 Å². The van der Waals surface area contributed by atoms with Crippen LogP contribution < -0.4 is 15.8 Å². The van der Waals surface area contributed by atoms with Crippen molar-refractivity contribution in [3.8, 4) is 5.75 Å². The molecule has 0 amide bonds. The van der Waals surface area contributed by atoms with Crippen LogP contribution in [0.4, 0.5) is 11.4 Å². The average molecular weight is 278 g/mol. The molecule has 0 spiro atoms. The number of anilines is 2. The molecule has 0 aliphatic rings. The summed E-state index contributed by atoms with van der Waals surface area (Å²) >= 11 is 0. The third-order valence-electron chi connectivity index (χ3n) is 3.54. The van der Waals surface area contributed by atoms with Crippen molar-refractivity contribution >= 4 is 11.4 Å². The molecule has 1 aromatic carbocycles. The summed E-state index contributed by atoms with van der Waals surface area (Å²) in [6.45, 7) is 10.4. The van der Waals surface area contributed by atoms with E-state index in [1.807, 2.05) is 25.1 Å². The zero-order chi connectivity index (χ0) is 15.0. The van der Waals surface area contributed by atoms with Gasteiger partial charge in [-0.1, -0.05) is 40.0 Å². The molecule has 0 heterocycles. The summed E-state index contributed by atoms with van der Waals surface area (Å²) in [6.07, 6.45) is 5.15. The second kappa shape index (κ2) is 8.03. The lowest BCUT2D eigenvalue weighted by molar-refractivity contribution is 0.339. The van der Waals surface area contributed by atoms with Crippen molar-refractivity contribution in [2.45, 2.75) is 53.4 Å². The Balaban J connectivity index is 2.53. The van der Waals surface area contributed by atoms with Gasteiger partial charge < -0.3 is 15.8 Å². The standard InChI is InChI=1S/C17H30N2O/c1-5-7-8-11-17(3,4)13-19-14-9-10-15(18)16(12-14)20-6-2/h9-10,12,19H,5-8,11,13,18H2,1-4H3. The fraction of sp³-hybridized carbons (Fsp3) is 0.647. The topological polar surface area (TPSA) is 47.3 Å². The smallest absolute Gasteiger partial charge is 0.144 e. The Morgan fingerprint density at radius 1 is 1.20 bits per heavy atom. The Hall–Kier alpha value is -1.38. The lowest BCUT2D eigenvalue weighted by Gasteiger charge is -2.25. The molecule has 0 aliphatic carbocycles. The highest BCUT2D eigenvalue weighted by molar-refractivity contribution is 5.61. The van der Waals surface area contributed by atoms with Gasteiger partial charge in [-0.25, -0.2) is 0 Å². The minimum atomic E-state index is 0.308. The van der Waals surface area contributed by atoms with Gasteiger partial charge in [0.25, 0.3) is 0 Å². The maximum atomic E-state index is 5.89. The number of nitrogen functional groups attached to an aromatic ring is 1. The predicted octanol–water partition coefficient (Wildman–Crippen LogP) is 4.69. The SMILES string of the molecule is CCCCCC(C)(C)CNc1ccc(N)c(OCC)c1. The highest BCUT2D eigenvalue weighted by Gasteiger charge is 2.17. The van der Waals surface area contributed by atoms with Crippen LogP contribution >= 0.6 is 0 Å². The molecule has 0 fully saturated rings. The number of hydrogen-bond acceptors (Lipinski definition) is 3. The highest BCUT2D eigenvalue weighted by Crippen LogP contribution is 2.28. The predicted molar refractivity (Wildman–Crippen MR) is 88.4 cm³/mol. The van der Waals surface area contributed by atoms with E-state index in [0.29, 0.717) is 17.7 Å². The first kappa shape index (κ1) is 16.7. The molecule has 0 saturated heterocycles. The van der Waals surface area contributed by atoms with Gasteiger partial charge in [0, 0.05) is 18.3 Å². The molecule has 0 aromatic heterocycles. The van der Waals surface area contributed by atoms with Crippen molar-refractivity contribution in [3.05, 3.63) is 18.2 Å². The molecule has 0 saturated carbocycles. The fourth-order valence-corrected chi connectivity index (χ4v) is 2.21. The van der Waals surface area contributed by atoms with E-state index in [1.54, 1.807) is 0 Å². The van der Waals surface area contributed by atoms with Crippen LogP contribution in [0.25, 0.3) is 0 Å². The Labute approximate surface area is 123 Å². The number of nitrogens with one attached hydrogen (secondary N) is 1. The number of hydrogen-bond donors (Lipinski definition) is 2. The Morgan fingerprint density at radius 3 is 2.60 bits per heavy atom. The summed E-state index contributed by atoms with van der Waals surface area (Å²) in [5.41, 5.74) is 7.96. The largest absolute Gasteiger partial charge is 0.492 e.